The van der Waals surface area contributed by atoms with Gasteiger partial charge in [0.05, 0.1) is 0 Å². The number of hydrogen-bond donors (Lipinski definition) is 1. The van der Waals surface area contributed by atoms with Gasteiger partial charge >= 0.3 is 5.97 Å². The third-order valence-corrected chi connectivity index (χ3v) is 4.53. The van der Waals surface area contributed by atoms with E-state index in [0.717, 1.165) is 25.7 Å². The third kappa shape index (κ3) is 9.91. The first kappa shape index (κ1) is 19.1. The summed E-state index contributed by atoms with van der Waals surface area (Å²) in [5, 5.41) is 17.1. The summed E-state index contributed by atoms with van der Waals surface area (Å²) in [6.45, 7) is 2.25. The van der Waals surface area contributed by atoms with E-state index in [1.54, 1.807) is 0 Å². The number of carboxylic acids is 1. The van der Waals surface area contributed by atoms with E-state index in [0.29, 0.717) is 6.42 Å². The number of rotatable bonds is 16. The van der Waals surface area contributed by atoms with Crippen molar-refractivity contribution < 1.29 is 9.90 Å². The maximum Gasteiger partial charge on any atom is 0.303 e. The number of carbonyl (C=O) groups is 1. The molecule has 0 aromatic rings. The van der Waals surface area contributed by atoms with Gasteiger partial charge in [-0.1, -0.05) is 64.7 Å². The summed E-state index contributed by atoms with van der Waals surface area (Å²) in [6, 6.07) is 0. The quantitative estimate of drug-likeness (QED) is 0.350. The lowest BCUT2D eigenvalue weighted by Crippen LogP contribution is -2.10. The van der Waals surface area contributed by atoms with E-state index in [4.69, 9.17) is 5.11 Å². The molecule has 0 saturated carbocycles. The van der Waals surface area contributed by atoms with Gasteiger partial charge in [-0.05, 0) is 32.1 Å². The number of carboxylic acid groups (broad SMARTS) is 1. The highest BCUT2D eigenvalue weighted by atomic mass is 16.4. The smallest absolute Gasteiger partial charge is 0.303 e. The molecular weight excluding hydrogens is 276 g/mol. The molecule has 1 aliphatic rings. The molecule has 128 valence electrons. The first-order valence-electron chi connectivity index (χ1n) is 9.34. The van der Waals surface area contributed by atoms with Crippen LogP contribution in [0.2, 0.25) is 0 Å². The van der Waals surface area contributed by atoms with Gasteiger partial charge in [-0.25, -0.2) is 0 Å². The van der Waals surface area contributed by atoms with Gasteiger partial charge in [0, 0.05) is 6.42 Å². The Morgan fingerprint density at radius 1 is 0.773 bits per heavy atom. The van der Waals surface area contributed by atoms with Crippen molar-refractivity contribution in [2.24, 2.45) is 10.2 Å². The number of nitrogens with zero attached hydrogens (tertiary/aromatic N) is 2. The zero-order valence-corrected chi connectivity index (χ0v) is 14.4. The molecule has 4 heteroatoms. The lowest BCUT2D eigenvalue weighted by Gasteiger charge is -2.10. The minimum absolute atomic E-state index is 0.0215. The van der Waals surface area contributed by atoms with Crippen LogP contribution in [0, 0.1) is 0 Å². The summed E-state index contributed by atoms with van der Waals surface area (Å²) >= 11 is 0. The molecule has 0 saturated heterocycles. The standard InChI is InChI=1S/C18H34N2O2/c1-2-3-4-9-12-15-18(19-20-18)16-13-10-7-5-6-8-11-14-17(21)22/h2-16H2,1H3,(H,21,22). The normalized spacial score (nSPS) is 15.1. The van der Waals surface area contributed by atoms with Crippen molar-refractivity contribution in [3.8, 4) is 0 Å². The Morgan fingerprint density at radius 2 is 1.23 bits per heavy atom. The van der Waals surface area contributed by atoms with E-state index in [1.807, 2.05) is 0 Å². The molecular formula is C18H34N2O2. The Morgan fingerprint density at radius 3 is 1.68 bits per heavy atom. The Hall–Kier alpha value is -0.930. The molecule has 0 atom stereocenters. The lowest BCUT2D eigenvalue weighted by atomic mass is 9.97. The molecule has 1 N–H and O–H groups in total. The van der Waals surface area contributed by atoms with Gasteiger partial charge in [-0.3, -0.25) is 4.79 Å². The predicted molar refractivity (Wildman–Crippen MR) is 90.2 cm³/mol. The second-order valence-corrected chi connectivity index (χ2v) is 6.72. The van der Waals surface area contributed by atoms with Gasteiger partial charge in [0.2, 0.25) is 0 Å². The molecule has 0 amide bonds. The number of hydrogen-bond acceptors (Lipinski definition) is 3. The summed E-state index contributed by atoms with van der Waals surface area (Å²) in [4.78, 5) is 10.4. The van der Waals surface area contributed by atoms with E-state index < -0.39 is 5.97 Å². The molecule has 0 bridgehead atoms. The van der Waals surface area contributed by atoms with Gasteiger partial charge < -0.3 is 5.11 Å². The van der Waals surface area contributed by atoms with E-state index in [1.165, 1.54) is 64.2 Å². The molecule has 0 aliphatic carbocycles. The van der Waals surface area contributed by atoms with Crippen LogP contribution in [0.15, 0.2) is 10.2 Å². The molecule has 0 aromatic heterocycles. The molecule has 1 aliphatic heterocycles. The Labute approximate surface area is 135 Å². The first-order valence-corrected chi connectivity index (χ1v) is 9.34. The minimum Gasteiger partial charge on any atom is -0.481 e. The summed E-state index contributed by atoms with van der Waals surface area (Å²) in [5.74, 6) is -0.670. The van der Waals surface area contributed by atoms with E-state index in [2.05, 4.69) is 17.2 Å². The largest absolute Gasteiger partial charge is 0.481 e. The van der Waals surface area contributed by atoms with Gasteiger partial charge in [-0.15, -0.1) is 0 Å². The van der Waals surface area contributed by atoms with Crippen LogP contribution in [0.25, 0.3) is 0 Å². The monoisotopic (exact) mass is 310 g/mol. The van der Waals surface area contributed by atoms with Crippen molar-refractivity contribution in [2.75, 3.05) is 0 Å². The van der Waals surface area contributed by atoms with Gasteiger partial charge in [0.25, 0.3) is 0 Å². The fourth-order valence-corrected chi connectivity index (χ4v) is 2.98. The SMILES string of the molecule is CCCCCCCC1(CCCCCCCCCC(=O)O)N=N1. The lowest BCUT2D eigenvalue weighted by molar-refractivity contribution is -0.137. The van der Waals surface area contributed by atoms with Crippen LogP contribution in [0.1, 0.15) is 103 Å². The molecule has 1 rings (SSSR count). The Bertz CT molecular complexity index is 323. The van der Waals surface area contributed by atoms with Crippen molar-refractivity contribution in [1.29, 1.82) is 0 Å². The average molecular weight is 310 g/mol. The summed E-state index contributed by atoms with van der Waals surface area (Å²) in [5.41, 5.74) is 0.0215. The molecule has 4 nitrogen and oxygen atoms in total. The van der Waals surface area contributed by atoms with E-state index in [-0.39, 0.29) is 5.66 Å². The first-order chi connectivity index (χ1) is 10.7. The maximum atomic E-state index is 10.4. The van der Waals surface area contributed by atoms with Crippen LogP contribution in [0.4, 0.5) is 0 Å². The highest BCUT2D eigenvalue weighted by Crippen LogP contribution is 2.38. The summed E-state index contributed by atoms with van der Waals surface area (Å²) in [6.07, 6.45) is 17.3. The van der Waals surface area contributed by atoms with Crippen molar-refractivity contribution >= 4 is 5.97 Å². The molecule has 1 heterocycles. The fraction of sp³-hybridized carbons (Fsp3) is 0.944. The number of unbranched alkanes of at least 4 members (excludes halogenated alkanes) is 10. The second-order valence-electron chi connectivity index (χ2n) is 6.72. The zero-order valence-electron chi connectivity index (χ0n) is 14.4. The van der Waals surface area contributed by atoms with E-state index >= 15 is 0 Å². The maximum absolute atomic E-state index is 10.4. The van der Waals surface area contributed by atoms with Crippen molar-refractivity contribution in [1.82, 2.24) is 0 Å². The Balaban J connectivity index is 1.84. The van der Waals surface area contributed by atoms with Gasteiger partial charge in [0.1, 0.15) is 0 Å². The van der Waals surface area contributed by atoms with Crippen LogP contribution >= 0.6 is 0 Å². The van der Waals surface area contributed by atoms with E-state index in [9.17, 15) is 4.79 Å². The molecule has 22 heavy (non-hydrogen) atoms. The Kier molecular flexibility index (Phi) is 10.1. The van der Waals surface area contributed by atoms with Crippen molar-refractivity contribution in [3.05, 3.63) is 0 Å². The van der Waals surface area contributed by atoms with Gasteiger partial charge in [-0.2, -0.15) is 10.2 Å². The van der Waals surface area contributed by atoms with Crippen LogP contribution in [-0.4, -0.2) is 16.7 Å². The average Bonchev–Trinajstić information content (AvgIpc) is 3.25. The molecule has 0 unspecified atom stereocenters. The summed E-state index contributed by atoms with van der Waals surface area (Å²) < 4.78 is 0. The van der Waals surface area contributed by atoms with Crippen LogP contribution in [-0.2, 0) is 4.79 Å². The fourth-order valence-electron chi connectivity index (χ4n) is 2.98. The molecule has 0 spiro atoms. The van der Waals surface area contributed by atoms with Crippen molar-refractivity contribution in [3.63, 3.8) is 0 Å². The predicted octanol–water partition coefficient (Wildman–Crippen LogP) is 6.10. The van der Waals surface area contributed by atoms with Crippen molar-refractivity contribution in [2.45, 2.75) is 109 Å². The van der Waals surface area contributed by atoms with Crippen LogP contribution in [0.5, 0.6) is 0 Å². The van der Waals surface area contributed by atoms with Gasteiger partial charge in [0.15, 0.2) is 5.66 Å². The highest BCUT2D eigenvalue weighted by Gasteiger charge is 2.38. The molecule has 0 aromatic carbocycles. The second kappa shape index (κ2) is 11.6. The van der Waals surface area contributed by atoms with Crippen LogP contribution in [0.3, 0.4) is 0 Å². The minimum atomic E-state index is -0.670. The molecule has 0 fully saturated rings. The highest BCUT2D eigenvalue weighted by molar-refractivity contribution is 5.66. The molecule has 0 radical (unpaired) electrons. The summed E-state index contributed by atoms with van der Waals surface area (Å²) in [7, 11) is 0. The van der Waals surface area contributed by atoms with Crippen LogP contribution < -0.4 is 0 Å². The topological polar surface area (TPSA) is 62.0 Å². The number of aliphatic carboxylic acids is 1. The zero-order chi connectivity index (χ0) is 16.1. The third-order valence-electron chi connectivity index (χ3n) is 4.53.